The molecule has 2 aliphatic heterocycles. The fourth-order valence-corrected chi connectivity index (χ4v) is 5.09. The Morgan fingerprint density at radius 1 is 1.10 bits per heavy atom. The van der Waals surface area contributed by atoms with Gasteiger partial charge in [-0.2, -0.15) is 5.10 Å². The standard InChI is InChI=1S/C24H33N5O2/c1-2-7-21-20(16-26-29(21)17-18-8-4-3-5-9-18)24(31)27-14-11-19(12-15-27)28-13-6-10-22(28)23(25)30/h3-5,8-9,16,19,22H,2,6-7,10-15,17H2,1H3,(H2,25,30). The van der Waals surface area contributed by atoms with Crippen molar-refractivity contribution in [3.8, 4) is 0 Å². The third-order valence-corrected chi connectivity index (χ3v) is 6.68. The molecule has 1 aromatic carbocycles. The zero-order valence-corrected chi connectivity index (χ0v) is 18.4. The fraction of sp³-hybridized carbons (Fsp3) is 0.542. The smallest absolute Gasteiger partial charge is 0.257 e. The third-order valence-electron chi connectivity index (χ3n) is 6.68. The van der Waals surface area contributed by atoms with Gasteiger partial charge in [0, 0.05) is 19.1 Å². The molecule has 0 aliphatic carbocycles. The number of benzene rings is 1. The minimum atomic E-state index is -0.217. The topological polar surface area (TPSA) is 84.5 Å². The third kappa shape index (κ3) is 4.66. The number of primary amides is 1. The van der Waals surface area contributed by atoms with Gasteiger partial charge in [-0.05, 0) is 44.2 Å². The molecule has 2 fully saturated rings. The Hall–Kier alpha value is -2.67. The highest BCUT2D eigenvalue weighted by Gasteiger charge is 2.36. The average molecular weight is 424 g/mol. The van der Waals surface area contributed by atoms with Gasteiger partial charge in [-0.15, -0.1) is 0 Å². The van der Waals surface area contributed by atoms with Crippen LogP contribution in [0.15, 0.2) is 36.5 Å². The number of hydrogen-bond donors (Lipinski definition) is 1. The maximum atomic E-state index is 13.3. The average Bonchev–Trinajstić information content (AvgIpc) is 3.43. The van der Waals surface area contributed by atoms with E-state index in [0.29, 0.717) is 25.7 Å². The van der Waals surface area contributed by atoms with E-state index < -0.39 is 0 Å². The quantitative estimate of drug-likeness (QED) is 0.741. The van der Waals surface area contributed by atoms with Crippen LogP contribution in [0.1, 0.15) is 60.6 Å². The summed E-state index contributed by atoms with van der Waals surface area (Å²) in [6.07, 6.45) is 7.19. The molecule has 4 rings (SSSR count). The van der Waals surface area contributed by atoms with E-state index in [4.69, 9.17) is 5.73 Å². The van der Waals surface area contributed by atoms with Crippen LogP contribution in [0, 0.1) is 0 Å². The minimum absolute atomic E-state index is 0.0779. The zero-order valence-electron chi connectivity index (χ0n) is 18.4. The van der Waals surface area contributed by atoms with Gasteiger partial charge in [0.1, 0.15) is 0 Å². The van der Waals surface area contributed by atoms with Crippen molar-refractivity contribution in [3.63, 3.8) is 0 Å². The minimum Gasteiger partial charge on any atom is -0.368 e. The molecule has 2 aromatic rings. The molecular formula is C24H33N5O2. The summed E-state index contributed by atoms with van der Waals surface area (Å²) >= 11 is 0. The van der Waals surface area contributed by atoms with Crippen molar-refractivity contribution < 1.29 is 9.59 Å². The van der Waals surface area contributed by atoms with E-state index >= 15 is 0 Å². The van der Waals surface area contributed by atoms with Gasteiger partial charge in [0.2, 0.25) is 5.91 Å². The first-order chi connectivity index (χ1) is 15.1. The number of amides is 2. The molecule has 0 saturated carbocycles. The van der Waals surface area contributed by atoms with Crippen LogP contribution in [0.3, 0.4) is 0 Å². The molecule has 31 heavy (non-hydrogen) atoms. The van der Waals surface area contributed by atoms with Gasteiger partial charge >= 0.3 is 0 Å². The summed E-state index contributed by atoms with van der Waals surface area (Å²) in [5.74, 6) is -0.139. The number of rotatable bonds is 7. The van der Waals surface area contributed by atoms with E-state index in [2.05, 4.69) is 29.1 Å². The highest BCUT2D eigenvalue weighted by Crippen LogP contribution is 2.27. The molecule has 2 N–H and O–H groups in total. The molecule has 2 saturated heterocycles. The molecule has 1 atom stereocenters. The predicted octanol–water partition coefficient (Wildman–Crippen LogP) is 2.44. The molecule has 166 valence electrons. The number of likely N-dealkylation sites (tertiary alicyclic amines) is 2. The second-order valence-corrected chi connectivity index (χ2v) is 8.72. The summed E-state index contributed by atoms with van der Waals surface area (Å²) in [6.45, 7) is 5.15. The van der Waals surface area contributed by atoms with Crippen LogP contribution in [-0.4, -0.2) is 63.1 Å². The summed E-state index contributed by atoms with van der Waals surface area (Å²) < 4.78 is 1.97. The summed E-state index contributed by atoms with van der Waals surface area (Å²) in [5.41, 5.74) is 8.52. The molecule has 1 unspecified atom stereocenters. The van der Waals surface area contributed by atoms with Gasteiger partial charge < -0.3 is 10.6 Å². The van der Waals surface area contributed by atoms with Crippen molar-refractivity contribution in [2.24, 2.45) is 5.73 Å². The maximum absolute atomic E-state index is 13.3. The van der Waals surface area contributed by atoms with Crippen molar-refractivity contribution in [1.82, 2.24) is 19.6 Å². The molecule has 3 heterocycles. The molecule has 0 spiro atoms. The van der Waals surface area contributed by atoms with Crippen molar-refractivity contribution in [1.29, 1.82) is 0 Å². The van der Waals surface area contributed by atoms with Crippen LogP contribution in [0.2, 0.25) is 0 Å². The van der Waals surface area contributed by atoms with Crippen molar-refractivity contribution in [3.05, 3.63) is 53.3 Å². The van der Waals surface area contributed by atoms with E-state index in [-0.39, 0.29) is 17.9 Å². The number of carbonyl (C=O) groups excluding carboxylic acids is 2. The van der Waals surface area contributed by atoms with Gasteiger partial charge in [-0.25, -0.2) is 0 Å². The lowest BCUT2D eigenvalue weighted by atomic mass is 10.0. The lowest BCUT2D eigenvalue weighted by Gasteiger charge is -2.38. The molecule has 2 aliphatic rings. The summed E-state index contributed by atoms with van der Waals surface area (Å²) in [5, 5.41) is 4.56. The Balaban J connectivity index is 1.43. The number of carbonyl (C=O) groups is 2. The molecule has 0 bridgehead atoms. The van der Waals surface area contributed by atoms with Crippen molar-refractivity contribution in [2.75, 3.05) is 19.6 Å². The Bertz CT molecular complexity index is 902. The summed E-state index contributed by atoms with van der Waals surface area (Å²) in [7, 11) is 0. The zero-order chi connectivity index (χ0) is 21.8. The summed E-state index contributed by atoms with van der Waals surface area (Å²) in [6, 6.07) is 10.4. The lowest BCUT2D eigenvalue weighted by molar-refractivity contribution is -0.123. The second kappa shape index (κ2) is 9.64. The lowest BCUT2D eigenvalue weighted by Crippen LogP contribution is -2.51. The molecule has 1 aromatic heterocycles. The van der Waals surface area contributed by atoms with E-state index in [1.807, 2.05) is 27.8 Å². The molecule has 2 amide bonds. The Labute approximate surface area is 184 Å². The first-order valence-corrected chi connectivity index (χ1v) is 11.5. The first-order valence-electron chi connectivity index (χ1n) is 11.5. The number of aromatic nitrogens is 2. The molecular weight excluding hydrogens is 390 g/mol. The van der Waals surface area contributed by atoms with Crippen molar-refractivity contribution >= 4 is 11.8 Å². The first kappa shape index (κ1) is 21.6. The van der Waals surface area contributed by atoms with Crippen LogP contribution >= 0.6 is 0 Å². The monoisotopic (exact) mass is 423 g/mol. The van der Waals surface area contributed by atoms with Crippen molar-refractivity contribution in [2.45, 2.75) is 64.1 Å². The Kier molecular flexibility index (Phi) is 6.70. The van der Waals surface area contributed by atoms with E-state index in [1.54, 1.807) is 6.20 Å². The van der Waals surface area contributed by atoms with Crippen LogP contribution in [0.5, 0.6) is 0 Å². The SMILES string of the molecule is CCCc1c(C(=O)N2CCC(N3CCCC3C(N)=O)CC2)cnn1Cc1ccccc1. The van der Waals surface area contributed by atoms with Gasteiger partial charge in [0.05, 0.1) is 30.0 Å². The van der Waals surface area contributed by atoms with Gasteiger partial charge in [-0.1, -0.05) is 43.7 Å². The molecule has 0 radical (unpaired) electrons. The highest BCUT2D eigenvalue weighted by atomic mass is 16.2. The number of nitrogens with two attached hydrogens (primary N) is 1. The normalized spacial score (nSPS) is 20.3. The molecule has 7 nitrogen and oxygen atoms in total. The number of hydrogen-bond acceptors (Lipinski definition) is 4. The highest BCUT2D eigenvalue weighted by molar-refractivity contribution is 5.95. The van der Waals surface area contributed by atoms with E-state index in [0.717, 1.165) is 56.3 Å². The van der Waals surface area contributed by atoms with Crippen LogP contribution in [-0.2, 0) is 17.8 Å². The number of nitrogens with zero attached hydrogens (tertiary/aromatic N) is 4. The van der Waals surface area contributed by atoms with E-state index in [1.165, 1.54) is 5.56 Å². The van der Waals surface area contributed by atoms with Crippen LogP contribution in [0.25, 0.3) is 0 Å². The maximum Gasteiger partial charge on any atom is 0.257 e. The summed E-state index contributed by atoms with van der Waals surface area (Å²) in [4.78, 5) is 29.3. The van der Waals surface area contributed by atoms with Gasteiger partial charge in [0.15, 0.2) is 0 Å². The number of piperidine rings is 1. The second-order valence-electron chi connectivity index (χ2n) is 8.72. The van der Waals surface area contributed by atoms with Gasteiger partial charge in [0.25, 0.3) is 5.91 Å². The van der Waals surface area contributed by atoms with E-state index in [9.17, 15) is 9.59 Å². The fourth-order valence-electron chi connectivity index (χ4n) is 5.09. The van der Waals surface area contributed by atoms with Crippen LogP contribution < -0.4 is 5.73 Å². The molecule has 7 heteroatoms. The van der Waals surface area contributed by atoms with Gasteiger partial charge in [-0.3, -0.25) is 19.2 Å². The van der Waals surface area contributed by atoms with Crippen LogP contribution in [0.4, 0.5) is 0 Å². The Morgan fingerprint density at radius 3 is 2.52 bits per heavy atom. The largest absolute Gasteiger partial charge is 0.368 e. The Morgan fingerprint density at radius 2 is 1.84 bits per heavy atom. The predicted molar refractivity (Wildman–Crippen MR) is 120 cm³/mol.